The van der Waals surface area contributed by atoms with Crippen molar-refractivity contribution in [2.75, 3.05) is 0 Å². The molecule has 0 radical (unpaired) electrons. The van der Waals surface area contributed by atoms with Gasteiger partial charge < -0.3 is 10.0 Å². The topological polar surface area (TPSA) is 57.6 Å². The fraction of sp³-hybridized carbons (Fsp3) is 0.429. The normalized spacial score (nSPS) is 25.4. The van der Waals surface area contributed by atoms with E-state index in [0.29, 0.717) is 25.9 Å². The number of carboxylic acid groups (broad SMARTS) is 1. The van der Waals surface area contributed by atoms with E-state index in [0.717, 1.165) is 0 Å². The van der Waals surface area contributed by atoms with E-state index in [1.165, 1.54) is 11.1 Å². The quantitative estimate of drug-likeness (QED) is 0.861. The fourth-order valence-corrected chi connectivity index (χ4v) is 2.81. The summed E-state index contributed by atoms with van der Waals surface area (Å²) in [5.41, 5.74) is 2.36. The molecule has 2 atom stereocenters. The minimum absolute atomic E-state index is 0.00449. The molecule has 1 saturated carbocycles. The number of rotatable bonds is 2. The van der Waals surface area contributed by atoms with Gasteiger partial charge in [-0.2, -0.15) is 0 Å². The van der Waals surface area contributed by atoms with Crippen molar-refractivity contribution in [3.8, 4) is 0 Å². The van der Waals surface area contributed by atoms with Crippen molar-refractivity contribution in [3.63, 3.8) is 0 Å². The number of amides is 1. The molecule has 1 aromatic rings. The molecule has 1 N–H and O–H groups in total. The Balaban J connectivity index is 1.71. The molecule has 1 aliphatic carbocycles. The number of carbonyl (C=O) groups is 2. The van der Waals surface area contributed by atoms with Crippen molar-refractivity contribution in [1.82, 2.24) is 4.90 Å². The lowest BCUT2D eigenvalue weighted by molar-refractivity contribution is -0.156. The van der Waals surface area contributed by atoms with Gasteiger partial charge in [0.25, 0.3) is 0 Å². The molecule has 0 spiro atoms. The van der Waals surface area contributed by atoms with Crippen molar-refractivity contribution in [1.29, 1.82) is 0 Å². The molecule has 0 aromatic heterocycles. The number of carbonyl (C=O) groups excluding carboxylic acids is 1. The highest BCUT2D eigenvalue weighted by Crippen LogP contribution is 2.37. The minimum Gasteiger partial charge on any atom is -0.481 e. The third-order valence-corrected chi connectivity index (χ3v) is 4.06. The molecule has 3 rings (SSSR count). The number of hydrogen-bond donors (Lipinski definition) is 1. The minimum atomic E-state index is -0.837. The van der Waals surface area contributed by atoms with Crippen LogP contribution in [0.3, 0.4) is 0 Å². The maximum Gasteiger partial charge on any atom is 0.307 e. The third-order valence-electron chi connectivity index (χ3n) is 4.06. The summed E-state index contributed by atoms with van der Waals surface area (Å²) in [6, 6.07) is 7.99. The Labute approximate surface area is 105 Å². The van der Waals surface area contributed by atoms with Gasteiger partial charge in [0.05, 0.1) is 11.8 Å². The van der Waals surface area contributed by atoms with E-state index in [9.17, 15) is 9.59 Å². The Morgan fingerprint density at radius 3 is 2.06 bits per heavy atom. The highest BCUT2D eigenvalue weighted by molar-refractivity contribution is 5.86. The van der Waals surface area contributed by atoms with Crippen LogP contribution in [-0.4, -0.2) is 21.9 Å². The first-order chi connectivity index (χ1) is 8.66. The van der Waals surface area contributed by atoms with Gasteiger partial charge in [-0.25, -0.2) is 0 Å². The molecular weight excluding hydrogens is 230 g/mol. The molecule has 1 amide bonds. The van der Waals surface area contributed by atoms with E-state index < -0.39 is 11.9 Å². The molecule has 4 heteroatoms. The van der Waals surface area contributed by atoms with Gasteiger partial charge >= 0.3 is 5.97 Å². The Morgan fingerprint density at radius 2 is 1.61 bits per heavy atom. The van der Waals surface area contributed by atoms with Crippen molar-refractivity contribution >= 4 is 11.9 Å². The van der Waals surface area contributed by atoms with E-state index in [2.05, 4.69) is 0 Å². The van der Waals surface area contributed by atoms with Crippen molar-refractivity contribution in [2.45, 2.75) is 25.9 Å². The van der Waals surface area contributed by atoms with E-state index in [-0.39, 0.29) is 11.8 Å². The molecular formula is C14H15NO3. The zero-order valence-corrected chi connectivity index (χ0v) is 10.0. The number of nitrogens with zero attached hydrogens (tertiary/aromatic N) is 1. The van der Waals surface area contributed by atoms with Crippen LogP contribution >= 0.6 is 0 Å². The molecule has 1 heterocycles. The lowest BCUT2D eigenvalue weighted by Crippen LogP contribution is -2.44. The summed E-state index contributed by atoms with van der Waals surface area (Å²) >= 11 is 0. The molecule has 94 valence electrons. The van der Waals surface area contributed by atoms with Gasteiger partial charge in [0.2, 0.25) is 5.91 Å². The second kappa shape index (κ2) is 4.12. The zero-order chi connectivity index (χ0) is 12.7. The van der Waals surface area contributed by atoms with Crippen molar-refractivity contribution in [2.24, 2.45) is 11.8 Å². The van der Waals surface area contributed by atoms with Crippen LogP contribution < -0.4 is 0 Å². The molecule has 2 unspecified atom stereocenters. The van der Waals surface area contributed by atoms with Crippen LogP contribution in [0.1, 0.15) is 24.0 Å². The van der Waals surface area contributed by atoms with E-state index >= 15 is 0 Å². The predicted molar refractivity (Wildman–Crippen MR) is 64.5 cm³/mol. The summed E-state index contributed by atoms with van der Waals surface area (Å²) in [5, 5.41) is 9.00. The largest absolute Gasteiger partial charge is 0.481 e. The molecule has 1 aliphatic heterocycles. The molecule has 2 aliphatic rings. The second-order valence-corrected chi connectivity index (χ2v) is 5.09. The summed E-state index contributed by atoms with van der Waals surface area (Å²) in [6.45, 7) is 1.25. The average Bonchev–Trinajstić information content (AvgIpc) is 2.69. The van der Waals surface area contributed by atoms with Gasteiger partial charge in [-0.05, 0) is 24.0 Å². The average molecular weight is 245 g/mol. The summed E-state index contributed by atoms with van der Waals surface area (Å²) in [5.74, 6) is -1.61. The number of fused-ring (bicyclic) bond motifs is 1. The van der Waals surface area contributed by atoms with Crippen LogP contribution in [0.2, 0.25) is 0 Å². The van der Waals surface area contributed by atoms with Gasteiger partial charge in [0.1, 0.15) is 0 Å². The predicted octanol–water partition coefficient (Wildman–Crippen LogP) is 1.64. The van der Waals surface area contributed by atoms with Gasteiger partial charge in [0.15, 0.2) is 0 Å². The van der Waals surface area contributed by atoms with Crippen LogP contribution in [0, 0.1) is 11.8 Å². The van der Waals surface area contributed by atoms with Crippen LogP contribution in [0.5, 0.6) is 0 Å². The Bertz CT molecular complexity index is 487. The van der Waals surface area contributed by atoms with Crippen molar-refractivity contribution in [3.05, 3.63) is 35.4 Å². The SMILES string of the molecule is O=C(O)C1CCC1C(=O)N1Cc2ccccc2C1. The third kappa shape index (κ3) is 1.68. The smallest absolute Gasteiger partial charge is 0.307 e. The van der Waals surface area contributed by atoms with E-state index in [4.69, 9.17) is 5.11 Å². The maximum absolute atomic E-state index is 12.3. The standard InChI is InChI=1S/C14H15NO3/c16-13(11-5-6-12(11)14(17)18)15-7-9-3-1-2-4-10(9)8-15/h1-4,11-12H,5-8H2,(H,17,18). The first kappa shape index (κ1) is 11.3. The summed E-state index contributed by atoms with van der Waals surface area (Å²) in [4.78, 5) is 25.0. The highest BCUT2D eigenvalue weighted by atomic mass is 16.4. The number of aliphatic carboxylic acids is 1. The van der Waals surface area contributed by atoms with Crippen molar-refractivity contribution < 1.29 is 14.7 Å². The van der Waals surface area contributed by atoms with Crippen LogP contribution in [-0.2, 0) is 22.7 Å². The van der Waals surface area contributed by atoms with E-state index in [1.54, 1.807) is 4.90 Å². The Morgan fingerprint density at radius 1 is 1.06 bits per heavy atom. The van der Waals surface area contributed by atoms with Crippen LogP contribution in [0.25, 0.3) is 0 Å². The molecule has 4 nitrogen and oxygen atoms in total. The van der Waals surface area contributed by atoms with Gasteiger partial charge in [-0.1, -0.05) is 24.3 Å². The second-order valence-electron chi connectivity index (χ2n) is 5.09. The summed E-state index contributed by atoms with van der Waals surface area (Å²) in [6.07, 6.45) is 1.34. The van der Waals surface area contributed by atoms with Gasteiger partial charge in [0, 0.05) is 13.1 Å². The number of carboxylic acids is 1. The lowest BCUT2D eigenvalue weighted by Gasteiger charge is -2.34. The molecule has 0 bridgehead atoms. The Hall–Kier alpha value is -1.84. The van der Waals surface area contributed by atoms with Gasteiger partial charge in [-0.15, -0.1) is 0 Å². The Kier molecular flexibility index (Phi) is 2.58. The maximum atomic E-state index is 12.3. The number of benzene rings is 1. The zero-order valence-electron chi connectivity index (χ0n) is 10.0. The first-order valence-electron chi connectivity index (χ1n) is 6.25. The summed E-state index contributed by atoms with van der Waals surface area (Å²) in [7, 11) is 0. The van der Waals surface area contributed by atoms with Crippen LogP contribution in [0.4, 0.5) is 0 Å². The number of hydrogen-bond acceptors (Lipinski definition) is 2. The monoisotopic (exact) mass is 245 g/mol. The highest BCUT2D eigenvalue weighted by Gasteiger charge is 2.43. The molecule has 1 fully saturated rings. The first-order valence-corrected chi connectivity index (χ1v) is 6.25. The van der Waals surface area contributed by atoms with E-state index in [1.807, 2.05) is 24.3 Å². The fourth-order valence-electron chi connectivity index (χ4n) is 2.81. The van der Waals surface area contributed by atoms with Crippen LogP contribution in [0.15, 0.2) is 24.3 Å². The lowest BCUT2D eigenvalue weighted by atomic mass is 9.73. The molecule has 0 saturated heterocycles. The summed E-state index contributed by atoms with van der Waals surface area (Å²) < 4.78 is 0. The molecule has 18 heavy (non-hydrogen) atoms. The molecule has 1 aromatic carbocycles. The van der Waals surface area contributed by atoms with Gasteiger partial charge in [-0.3, -0.25) is 9.59 Å².